The van der Waals surface area contributed by atoms with E-state index < -0.39 is 0 Å². The number of amides is 1. The molecular weight excluding hydrogens is 309 g/mol. The zero-order valence-corrected chi connectivity index (χ0v) is 13.0. The van der Waals surface area contributed by atoms with Gasteiger partial charge in [-0.25, -0.2) is 9.37 Å². The lowest BCUT2D eigenvalue weighted by Crippen LogP contribution is -2.28. The van der Waals surface area contributed by atoms with Gasteiger partial charge in [0.1, 0.15) is 11.6 Å². The lowest BCUT2D eigenvalue weighted by molar-refractivity contribution is -0.121. The number of nitrogens with zero attached hydrogens (tertiary/aromatic N) is 3. The highest BCUT2D eigenvalue weighted by atomic mass is 19.1. The van der Waals surface area contributed by atoms with Crippen LogP contribution in [0, 0.1) is 5.82 Å². The SMILES string of the molecule is CC(NC(=O)Cc1cccc(F)c1)c1nc(-c2ccncc2)n[nH]1. The molecule has 0 aliphatic heterocycles. The largest absolute Gasteiger partial charge is 0.346 e. The van der Waals surface area contributed by atoms with Gasteiger partial charge in [-0.1, -0.05) is 12.1 Å². The molecule has 0 aliphatic rings. The zero-order valence-electron chi connectivity index (χ0n) is 13.0. The van der Waals surface area contributed by atoms with Gasteiger partial charge in [-0.05, 0) is 36.8 Å². The van der Waals surface area contributed by atoms with Crippen molar-refractivity contribution >= 4 is 5.91 Å². The van der Waals surface area contributed by atoms with Crippen LogP contribution in [0.25, 0.3) is 11.4 Å². The zero-order chi connectivity index (χ0) is 16.9. The first-order chi connectivity index (χ1) is 11.6. The van der Waals surface area contributed by atoms with Crippen LogP contribution in [-0.2, 0) is 11.2 Å². The molecule has 2 aromatic heterocycles. The fourth-order valence-electron chi connectivity index (χ4n) is 2.29. The third-order valence-corrected chi connectivity index (χ3v) is 3.48. The molecule has 6 nitrogen and oxygen atoms in total. The molecule has 1 amide bonds. The summed E-state index contributed by atoms with van der Waals surface area (Å²) in [6.07, 6.45) is 3.43. The molecule has 7 heteroatoms. The van der Waals surface area contributed by atoms with Crippen LogP contribution in [0.1, 0.15) is 24.4 Å². The monoisotopic (exact) mass is 325 g/mol. The van der Waals surface area contributed by atoms with Gasteiger partial charge in [0.2, 0.25) is 5.91 Å². The lowest BCUT2D eigenvalue weighted by atomic mass is 10.1. The summed E-state index contributed by atoms with van der Waals surface area (Å²) in [5.74, 6) is 0.522. The predicted molar refractivity (Wildman–Crippen MR) is 86.3 cm³/mol. The minimum Gasteiger partial charge on any atom is -0.346 e. The summed E-state index contributed by atoms with van der Waals surface area (Å²) in [6, 6.07) is 9.26. The standard InChI is InChI=1S/C17H16FN5O/c1-11(20-15(24)10-12-3-2-4-14(18)9-12)16-21-17(23-22-16)13-5-7-19-8-6-13/h2-9,11H,10H2,1H3,(H,20,24)(H,21,22,23). The molecule has 0 bridgehead atoms. The molecular formula is C17H16FN5O. The van der Waals surface area contributed by atoms with Crippen molar-refractivity contribution < 1.29 is 9.18 Å². The van der Waals surface area contributed by atoms with Gasteiger partial charge < -0.3 is 5.32 Å². The predicted octanol–water partition coefficient (Wildman–Crippen LogP) is 2.43. The molecule has 1 aromatic carbocycles. The van der Waals surface area contributed by atoms with Gasteiger partial charge in [0.05, 0.1) is 12.5 Å². The van der Waals surface area contributed by atoms with Crippen LogP contribution in [0.4, 0.5) is 4.39 Å². The van der Waals surface area contributed by atoms with E-state index in [1.54, 1.807) is 43.6 Å². The van der Waals surface area contributed by atoms with Crippen molar-refractivity contribution in [2.75, 3.05) is 0 Å². The van der Waals surface area contributed by atoms with E-state index in [9.17, 15) is 9.18 Å². The number of aromatic amines is 1. The number of carbonyl (C=O) groups is 1. The quantitative estimate of drug-likeness (QED) is 0.754. The topological polar surface area (TPSA) is 83.6 Å². The Morgan fingerprint density at radius 2 is 2.08 bits per heavy atom. The Bertz CT molecular complexity index is 834. The second-order valence-corrected chi connectivity index (χ2v) is 5.38. The summed E-state index contributed by atoms with van der Waals surface area (Å²) in [5, 5.41) is 9.79. The van der Waals surface area contributed by atoms with Gasteiger partial charge in [0.25, 0.3) is 0 Å². The number of benzene rings is 1. The molecule has 1 unspecified atom stereocenters. The van der Waals surface area contributed by atoms with Gasteiger partial charge in [-0.15, -0.1) is 0 Å². The van der Waals surface area contributed by atoms with Crippen molar-refractivity contribution in [3.63, 3.8) is 0 Å². The molecule has 0 radical (unpaired) electrons. The summed E-state index contributed by atoms with van der Waals surface area (Å²) in [4.78, 5) is 20.4. The summed E-state index contributed by atoms with van der Waals surface area (Å²) in [7, 11) is 0. The van der Waals surface area contributed by atoms with Crippen LogP contribution in [0.2, 0.25) is 0 Å². The van der Waals surface area contributed by atoms with Crippen molar-refractivity contribution in [2.45, 2.75) is 19.4 Å². The molecule has 0 saturated carbocycles. The second-order valence-electron chi connectivity index (χ2n) is 5.38. The molecule has 3 aromatic rings. The maximum Gasteiger partial charge on any atom is 0.225 e. The fourth-order valence-corrected chi connectivity index (χ4v) is 2.29. The van der Waals surface area contributed by atoms with E-state index in [0.29, 0.717) is 17.2 Å². The van der Waals surface area contributed by atoms with Gasteiger partial charge in [-0.2, -0.15) is 5.10 Å². The number of pyridine rings is 1. The average Bonchev–Trinajstić information content (AvgIpc) is 3.05. The minimum absolute atomic E-state index is 0.105. The van der Waals surface area contributed by atoms with Crippen LogP contribution >= 0.6 is 0 Å². The Labute approximate surface area is 138 Å². The first-order valence-corrected chi connectivity index (χ1v) is 7.48. The number of nitrogens with one attached hydrogen (secondary N) is 2. The summed E-state index contributed by atoms with van der Waals surface area (Å²) in [5.41, 5.74) is 1.46. The minimum atomic E-state index is -0.356. The third kappa shape index (κ3) is 3.81. The van der Waals surface area contributed by atoms with E-state index in [2.05, 4.69) is 25.5 Å². The molecule has 3 rings (SSSR count). The molecule has 0 spiro atoms. The van der Waals surface area contributed by atoms with E-state index >= 15 is 0 Å². The maximum atomic E-state index is 13.1. The molecule has 0 aliphatic carbocycles. The molecule has 2 heterocycles. The average molecular weight is 325 g/mol. The maximum absolute atomic E-state index is 13.1. The Morgan fingerprint density at radius 1 is 1.29 bits per heavy atom. The van der Waals surface area contributed by atoms with Gasteiger partial charge in [0.15, 0.2) is 5.82 Å². The second kappa shape index (κ2) is 6.99. The third-order valence-electron chi connectivity index (χ3n) is 3.48. The highest BCUT2D eigenvalue weighted by Gasteiger charge is 2.15. The highest BCUT2D eigenvalue weighted by molar-refractivity contribution is 5.78. The number of halogens is 1. The highest BCUT2D eigenvalue weighted by Crippen LogP contribution is 2.15. The molecule has 2 N–H and O–H groups in total. The van der Waals surface area contributed by atoms with Crippen LogP contribution in [0.3, 0.4) is 0 Å². The fraction of sp³-hybridized carbons (Fsp3) is 0.176. The molecule has 122 valence electrons. The van der Waals surface area contributed by atoms with Crippen molar-refractivity contribution in [1.29, 1.82) is 0 Å². The van der Waals surface area contributed by atoms with E-state index in [-0.39, 0.29) is 24.2 Å². The van der Waals surface area contributed by atoms with Gasteiger partial charge in [0, 0.05) is 18.0 Å². The van der Waals surface area contributed by atoms with E-state index in [0.717, 1.165) is 5.56 Å². The Kier molecular flexibility index (Phi) is 4.60. The Morgan fingerprint density at radius 3 is 2.83 bits per heavy atom. The molecule has 0 fully saturated rings. The number of aromatic nitrogens is 4. The molecule has 0 saturated heterocycles. The first kappa shape index (κ1) is 15.8. The number of hydrogen-bond donors (Lipinski definition) is 2. The summed E-state index contributed by atoms with van der Waals surface area (Å²) in [6.45, 7) is 1.81. The number of rotatable bonds is 5. The normalized spacial score (nSPS) is 11.9. The van der Waals surface area contributed by atoms with E-state index in [1.807, 2.05) is 0 Å². The molecule has 24 heavy (non-hydrogen) atoms. The number of H-pyrrole nitrogens is 1. The van der Waals surface area contributed by atoms with Crippen molar-refractivity contribution in [3.8, 4) is 11.4 Å². The van der Waals surface area contributed by atoms with Crippen LogP contribution in [0.5, 0.6) is 0 Å². The number of carbonyl (C=O) groups excluding carboxylic acids is 1. The van der Waals surface area contributed by atoms with Gasteiger partial charge >= 0.3 is 0 Å². The Balaban J connectivity index is 1.63. The first-order valence-electron chi connectivity index (χ1n) is 7.48. The van der Waals surface area contributed by atoms with E-state index in [1.165, 1.54) is 12.1 Å². The van der Waals surface area contributed by atoms with Crippen LogP contribution < -0.4 is 5.32 Å². The lowest BCUT2D eigenvalue weighted by Gasteiger charge is -2.11. The van der Waals surface area contributed by atoms with Crippen LogP contribution in [-0.4, -0.2) is 26.1 Å². The summed E-state index contributed by atoms with van der Waals surface area (Å²) < 4.78 is 13.1. The number of hydrogen-bond acceptors (Lipinski definition) is 4. The van der Waals surface area contributed by atoms with Gasteiger partial charge in [-0.3, -0.25) is 14.9 Å². The van der Waals surface area contributed by atoms with Crippen molar-refractivity contribution in [3.05, 3.63) is 66.0 Å². The smallest absolute Gasteiger partial charge is 0.225 e. The van der Waals surface area contributed by atoms with E-state index in [4.69, 9.17) is 0 Å². The summed E-state index contributed by atoms with van der Waals surface area (Å²) >= 11 is 0. The Hall–Kier alpha value is -3.09. The van der Waals surface area contributed by atoms with Crippen molar-refractivity contribution in [2.24, 2.45) is 0 Å². The molecule has 1 atom stereocenters. The van der Waals surface area contributed by atoms with Crippen molar-refractivity contribution in [1.82, 2.24) is 25.5 Å². The van der Waals surface area contributed by atoms with Crippen LogP contribution in [0.15, 0.2) is 48.8 Å².